The second kappa shape index (κ2) is 8.77. The van der Waals surface area contributed by atoms with Gasteiger partial charge in [-0.1, -0.05) is 73.6 Å². The molecule has 0 bridgehead atoms. The number of aryl methyl sites for hydroxylation is 2. The monoisotopic (exact) mass is 448 g/mol. The molecule has 0 aromatic heterocycles. The Morgan fingerprint density at radius 3 is 2.45 bits per heavy atom. The van der Waals surface area contributed by atoms with Gasteiger partial charge in [0.25, 0.3) is 0 Å². The molecular weight excluding hydrogens is 415 g/mol. The maximum Gasteiger partial charge on any atom is 0.199 e. The number of piperazine rings is 1. The van der Waals surface area contributed by atoms with E-state index in [1.54, 1.807) is 6.07 Å². The second-order valence-corrected chi connectivity index (χ2v) is 10.2. The lowest BCUT2D eigenvalue weighted by molar-refractivity contribution is 0.0187. The van der Waals surface area contributed by atoms with Gasteiger partial charge in [0.05, 0.1) is 5.56 Å². The maximum absolute atomic E-state index is 15.0. The van der Waals surface area contributed by atoms with Crippen molar-refractivity contribution in [2.45, 2.75) is 64.0 Å². The maximum atomic E-state index is 15.0. The quantitative estimate of drug-likeness (QED) is 0.672. The molecule has 2 aliphatic carbocycles. The van der Waals surface area contributed by atoms with Crippen LogP contribution in [-0.4, -0.2) is 42.1 Å². The molecule has 2 aromatic carbocycles. The van der Waals surface area contributed by atoms with E-state index in [2.05, 4.69) is 10.2 Å². The van der Waals surface area contributed by atoms with Gasteiger partial charge in [0.15, 0.2) is 17.1 Å². The van der Waals surface area contributed by atoms with Crippen LogP contribution in [0.25, 0.3) is 0 Å². The first kappa shape index (κ1) is 22.4. The van der Waals surface area contributed by atoms with Crippen LogP contribution in [0.4, 0.5) is 4.39 Å². The molecule has 2 aromatic rings. The third-order valence-electron chi connectivity index (χ3n) is 7.89. The SMILES string of the molecule is Cc1cc(C)cc(C2(N3CCNCC3CC3CCCCC3)C(=O)c3cccc(F)c3C2=O)c1. The molecule has 1 aliphatic heterocycles. The molecule has 1 N–H and O–H groups in total. The summed E-state index contributed by atoms with van der Waals surface area (Å²) in [5, 5.41) is 3.49. The summed E-state index contributed by atoms with van der Waals surface area (Å²) in [6, 6.07) is 10.4. The summed E-state index contributed by atoms with van der Waals surface area (Å²) < 4.78 is 15.0. The molecule has 3 aliphatic rings. The standard InChI is InChI=1S/C28H33FN2O2/c1-18-13-19(2)15-21(14-18)28(26(32)23-9-6-10-24(29)25(23)27(28)33)31-12-11-30-17-22(31)16-20-7-4-3-5-8-20/h6,9-10,13-15,20,22,30H,3-5,7-8,11-12,16-17H2,1-2H3. The number of nitrogens with zero attached hydrogens (tertiary/aromatic N) is 1. The number of benzene rings is 2. The lowest BCUT2D eigenvalue weighted by Crippen LogP contribution is -2.64. The molecular formula is C28H33FN2O2. The molecule has 2 atom stereocenters. The smallest absolute Gasteiger partial charge is 0.199 e. The van der Waals surface area contributed by atoms with Gasteiger partial charge in [0.2, 0.25) is 0 Å². The van der Waals surface area contributed by atoms with Crippen LogP contribution in [-0.2, 0) is 5.54 Å². The van der Waals surface area contributed by atoms with Crippen molar-refractivity contribution in [2.75, 3.05) is 19.6 Å². The van der Waals surface area contributed by atoms with Crippen molar-refractivity contribution in [2.24, 2.45) is 5.92 Å². The molecule has 0 spiro atoms. The number of carbonyl (C=O) groups is 2. The molecule has 1 heterocycles. The highest BCUT2D eigenvalue weighted by atomic mass is 19.1. The number of hydrogen-bond acceptors (Lipinski definition) is 4. The van der Waals surface area contributed by atoms with E-state index in [0.717, 1.165) is 24.1 Å². The number of nitrogens with one attached hydrogen (secondary N) is 1. The van der Waals surface area contributed by atoms with Gasteiger partial charge < -0.3 is 5.32 Å². The summed E-state index contributed by atoms with van der Waals surface area (Å²) >= 11 is 0. The first-order chi connectivity index (χ1) is 15.9. The zero-order valence-electron chi connectivity index (χ0n) is 19.6. The first-order valence-electron chi connectivity index (χ1n) is 12.4. The molecule has 0 amide bonds. The Morgan fingerprint density at radius 2 is 1.76 bits per heavy atom. The number of halogens is 1. The molecule has 33 heavy (non-hydrogen) atoms. The third-order valence-corrected chi connectivity index (χ3v) is 7.89. The molecule has 2 unspecified atom stereocenters. The van der Waals surface area contributed by atoms with Crippen LogP contribution in [0.2, 0.25) is 0 Å². The van der Waals surface area contributed by atoms with Crippen LogP contribution in [0.15, 0.2) is 36.4 Å². The summed E-state index contributed by atoms with van der Waals surface area (Å²) in [5.74, 6) is -0.673. The Kier molecular flexibility index (Phi) is 5.96. The topological polar surface area (TPSA) is 49.4 Å². The fourth-order valence-electron chi connectivity index (χ4n) is 6.52. The molecule has 5 heteroatoms. The Morgan fingerprint density at radius 1 is 1.03 bits per heavy atom. The summed E-state index contributed by atoms with van der Waals surface area (Å²) in [6.07, 6.45) is 7.17. The first-order valence-corrected chi connectivity index (χ1v) is 12.4. The third kappa shape index (κ3) is 3.66. The highest BCUT2D eigenvalue weighted by Gasteiger charge is 2.60. The zero-order chi connectivity index (χ0) is 23.2. The molecule has 0 radical (unpaired) electrons. The van der Waals surface area contributed by atoms with Gasteiger partial charge >= 0.3 is 0 Å². The normalized spacial score (nSPS) is 26.6. The van der Waals surface area contributed by atoms with Gasteiger partial charge in [0.1, 0.15) is 5.82 Å². The van der Waals surface area contributed by atoms with Crippen LogP contribution >= 0.6 is 0 Å². The van der Waals surface area contributed by atoms with Crippen molar-refractivity contribution in [1.29, 1.82) is 0 Å². The minimum atomic E-state index is -1.50. The van der Waals surface area contributed by atoms with Crippen LogP contribution in [0.5, 0.6) is 0 Å². The van der Waals surface area contributed by atoms with Crippen molar-refractivity contribution in [3.05, 3.63) is 70.0 Å². The Labute approximate surface area is 195 Å². The van der Waals surface area contributed by atoms with E-state index >= 15 is 0 Å². The van der Waals surface area contributed by atoms with E-state index in [9.17, 15) is 14.0 Å². The highest BCUT2D eigenvalue weighted by Crippen LogP contribution is 2.46. The highest BCUT2D eigenvalue weighted by molar-refractivity contribution is 6.33. The van der Waals surface area contributed by atoms with Crippen LogP contribution in [0.1, 0.15) is 75.9 Å². The van der Waals surface area contributed by atoms with Crippen molar-refractivity contribution in [3.8, 4) is 0 Å². The minimum absolute atomic E-state index is 0.0448. The van der Waals surface area contributed by atoms with E-state index in [1.807, 2.05) is 32.0 Å². The molecule has 5 rings (SSSR count). The molecule has 174 valence electrons. The zero-order valence-corrected chi connectivity index (χ0v) is 19.6. The Balaban J connectivity index is 1.67. The number of Topliss-reactive ketones (excluding diaryl/α,β-unsaturated/α-hetero) is 2. The number of fused-ring (bicyclic) bond motifs is 1. The van der Waals surface area contributed by atoms with Gasteiger partial charge in [-0.15, -0.1) is 0 Å². The van der Waals surface area contributed by atoms with Gasteiger partial charge in [-0.2, -0.15) is 0 Å². The number of hydrogen-bond donors (Lipinski definition) is 1. The fourth-order valence-corrected chi connectivity index (χ4v) is 6.52. The van der Waals surface area contributed by atoms with E-state index in [0.29, 0.717) is 24.6 Å². The lowest BCUT2D eigenvalue weighted by Gasteiger charge is -2.47. The van der Waals surface area contributed by atoms with Crippen molar-refractivity contribution < 1.29 is 14.0 Å². The van der Waals surface area contributed by atoms with Crippen LogP contribution in [0, 0.1) is 25.6 Å². The van der Waals surface area contributed by atoms with Crippen LogP contribution < -0.4 is 5.32 Å². The molecule has 1 saturated carbocycles. The predicted molar refractivity (Wildman–Crippen MR) is 127 cm³/mol. The summed E-state index contributed by atoms with van der Waals surface area (Å²) in [4.78, 5) is 30.5. The van der Waals surface area contributed by atoms with Gasteiger partial charge in [-0.05, 0) is 37.8 Å². The molecule has 4 nitrogen and oxygen atoms in total. The lowest BCUT2D eigenvalue weighted by atomic mass is 9.78. The number of carbonyl (C=O) groups excluding carboxylic acids is 2. The van der Waals surface area contributed by atoms with Crippen molar-refractivity contribution in [3.63, 3.8) is 0 Å². The average molecular weight is 449 g/mol. The second-order valence-electron chi connectivity index (χ2n) is 10.2. The van der Waals surface area contributed by atoms with Crippen molar-refractivity contribution in [1.82, 2.24) is 10.2 Å². The summed E-state index contributed by atoms with van der Waals surface area (Å²) in [7, 11) is 0. The Bertz CT molecular complexity index is 1070. The van der Waals surface area contributed by atoms with Crippen LogP contribution in [0.3, 0.4) is 0 Å². The van der Waals surface area contributed by atoms with E-state index in [-0.39, 0.29) is 23.0 Å². The van der Waals surface area contributed by atoms with Crippen molar-refractivity contribution >= 4 is 11.6 Å². The number of rotatable bonds is 4. The van der Waals surface area contributed by atoms with E-state index < -0.39 is 17.1 Å². The summed E-state index contributed by atoms with van der Waals surface area (Å²) in [5.41, 5.74) is 1.36. The average Bonchev–Trinajstić information content (AvgIpc) is 3.03. The summed E-state index contributed by atoms with van der Waals surface area (Å²) in [6.45, 7) is 5.99. The van der Waals surface area contributed by atoms with Gasteiger partial charge in [-0.25, -0.2) is 4.39 Å². The van der Waals surface area contributed by atoms with E-state index in [4.69, 9.17) is 0 Å². The van der Waals surface area contributed by atoms with Gasteiger partial charge in [0, 0.05) is 31.2 Å². The Hall–Kier alpha value is -2.37. The molecule has 2 fully saturated rings. The largest absolute Gasteiger partial charge is 0.314 e. The molecule has 1 saturated heterocycles. The number of ketones is 2. The van der Waals surface area contributed by atoms with E-state index in [1.165, 1.54) is 44.2 Å². The minimum Gasteiger partial charge on any atom is -0.314 e. The fraction of sp³-hybridized carbons (Fsp3) is 0.500. The predicted octanol–water partition coefficient (Wildman–Crippen LogP) is 4.96. The van der Waals surface area contributed by atoms with Gasteiger partial charge in [-0.3, -0.25) is 14.5 Å².